The molecule has 0 amide bonds. The van der Waals surface area contributed by atoms with Gasteiger partial charge in [0.05, 0.1) is 0 Å². The second-order valence-electron chi connectivity index (χ2n) is 7.42. The molecule has 0 bridgehead atoms. The van der Waals surface area contributed by atoms with Crippen LogP contribution in [-0.4, -0.2) is 0 Å². The van der Waals surface area contributed by atoms with Gasteiger partial charge in [-0.05, 0) is 78.6 Å². The molecule has 0 aromatic heterocycles. The third-order valence-electron chi connectivity index (χ3n) is 6.17. The lowest BCUT2D eigenvalue weighted by Crippen LogP contribution is -2.28. The zero-order chi connectivity index (χ0) is 17.4. The average Bonchev–Trinajstić information content (AvgIpc) is 3.15. The molecule has 6 rings (SSSR count). The molecule has 4 aromatic carbocycles. The van der Waals surface area contributed by atoms with Gasteiger partial charge in [0.15, 0.2) is 0 Å². The topological polar surface area (TPSA) is 0 Å². The maximum absolute atomic E-state index is 2.31. The van der Waals surface area contributed by atoms with E-state index in [-0.39, 0.29) is 0 Å². The summed E-state index contributed by atoms with van der Waals surface area (Å²) in [4.78, 5) is 0. The van der Waals surface area contributed by atoms with E-state index in [2.05, 4.69) is 86.6 Å². The van der Waals surface area contributed by atoms with Crippen molar-refractivity contribution in [2.75, 3.05) is 0 Å². The highest BCUT2D eigenvalue weighted by molar-refractivity contribution is 6.28. The van der Waals surface area contributed by atoms with E-state index in [0.29, 0.717) is 0 Å². The van der Waals surface area contributed by atoms with Gasteiger partial charge in [-0.15, -0.1) is 0 Å². The first kappa shape index (κ1) is 14.1. The predicted octanol–water partition coefficient (Wildman–Crippen LogP) is 3.36. The number of benzene rings is 4. The summed E-state index contributed by atoms with van der Waals surface area (Å²) >= 11 is 0. The van der Waals surface area contributed by atoms with Gasteiger partial charge in [-0.2, -0.15) is 0 Å². The van der Waals surface area contributed by atoms with Crippen LogP contribution in [0.1, 0.15) is 13.8 Å². The Bertz CT molecular complexity index is 1410. The summed E-state index contributed by atoms with van der Waals surface area (Å²) in [6.07, 6.45) is 0. The SMILES string of the molecule is CC1=c2ccc3ccccc3c2=C2C(C)=c3ccc4ccccc4c3=C12. The van der Waals surface area contributed by atoms with Crippen molar-refractivity contribution in [3.8, 4) is 0 Å². The Kier molecular flexibility index (Phi) is 2.57. The fraction of sp³-hybridized carbons (Fsp3) is 0.0769. The molecule has 0 N–H and O–H groups in total. The fourth-order valence-electron chi connectivity index (χ4n) is 4.98. The summed E-state index contributed by atoms with van der Waals surface area (Å²) in [5.74, 6) is 0. The number of hydrogen-bond acceptors (Lipinski definition) is 0. The van der Waals surface area contributed by atoms with Gasteiger partial charge in [-0.25, -0.2) is 0 Å². The lowest BCUT2D eigenvalue weighted by Gasteiger charge is -2.04. The van der Waals surface area contributed by atoms with E-state index < -0.39 is 0 Å². The largest absolute Gasteiger partial charge is 0.0616 e. The van der Waals surface area contributed by atoms with Gasteiger partial charge in [-0.1, -0.05) is 72.8 Å². The Morgan fingerprint density at radius 3 is 1.35 bits per heavy atom. The van der Waals surface area contributed by atoms with E-state index in [1.54, 1.807) is 0 Å². The van der Waals surface area contributed by atoms with E-state index in [1.807, 2.05) is 0 Å². The van der Waals surface area contributed by atoms with Crippen LogP contribution in [0, 0.1) is 0 Å². The molecule has 0 atom stereocenters. The molecule has 0 nitrogen and oxygen atoms in total. The molecule has 0 radical (unpaired) electrons. The highest BCUT2D eigenvalue weighted by Crippen LogP contribution is 2.33. The Morgan fingerprint density at radius 1 is 0.462 bits per heavy atom. The molecule has 0 aliphatic heterocycles. The minimum Gasteiger partial charge on any atom is -0.0616 e. The molecule has 122 valence electrons. The first-order chi connectivity index (χ1) is 12.8. The van der Waals surface area contributed by atoms with Crippen LogP contribution in [0.15, 0.2) is 72.8 Å². The zero-order valence-corrected chi connectivity index (χ0v) is 14.9. The Balaban J connectivity index is 2.00. The van der Waals surface area contributed by atoms with Crippen LogP contribution < -0.4 is 20.9 Å². The first-order valence-corrected chi connectivity index (χ1v) is 9.23. The maximum Gasteiger partial charge on any atom is -0.00207 e. The van der Waals surface area contributed by atoms with Crippen LogP contribution in [0.2, 0.25) is 0 Å². The van der Waals surface area contributed by atoms with E-state index in [0.717, 1.165) is 0 Å². The van der Waals surface area contributed by atoms with Gasteiger partial charge in [-0.3, -0.25) is 0 Å². The summed E-state index contributed by atoms with van der Waals surface area (Å²) in [7, 11) is 0. The first-order valence-electron chi connectivity index (χ1n) is 9.23. The van der Waals surface area contributed by atoms with Gasteiger partial charge in [0.2, 0.25) is 0 Å². The van der Waals surface area contributed by atoms with Crippen LogP contribution in [0.5, 0.6) is 0 Å². The minimum absolute atomic E-state index is 1.32. The lowest BCUT2D eigenvalue weighted by molar-refractivity contribution is 1.52. The van der Waals surface area contributed by atoms with Crippen molar-refractivity contribution in [3.05, 3.63) is 93.7 Å². The van der Waals surface area contributed by atoms with Crippen LogP contribution >= 0.6 is 0 Å². The summed E-state index contributed by atoms with van der Waals surface area (Å²) in [5, 5.41) is 11.0. The van der Waals surface area contributed by atoms with Gasteiger partial charge in [0.1, 0.15) is 0 Å². The van der Waals surface area contributed by atoms with Crippen LogP contribution in [0.4, 0.5) is 0 Å². The van der Waals surface area contributed by atoms with E-state index in [4.69, 9.17) is 0 Å². The van der Waals surface area contributed by atoms with Crippen LogP contribution in [0.3, 0.4) is 0 Å². The number of fused-ring (bicyclic) bond motifs is 7. The smallest absolute Gasteiger partial charge is 0.00207 e. The summed E-state index contributed by atoms with van der Waals surface area (Å²) in [6, 6.07) is 26.7. The Hall–Kier alpha value is -3.12. The molecular weight excluding hydrogens is 312 g/mol. The third kappa shape index (κ3) is 1.55. The molecule has 2 aliphatic rings. The van der Waals surface area contributed by atoms with E-state index in [1.165, 1.54) is 64.7 Å². The van der Waals surface area contributed by atoms with Gasteiger partial charge < -0.3 is 0 Å². The van der Waals surface area contributed by atoms with E-state index in [9.17, 15) is 0 Å². The quantitative estimate of drug-likeness (QED) is 0.464. The van der Waals surface area contributed by atoms with Crippen molar-refractivity contribution in [1.29, 1.82) is 0 Å². The molecule has 0 spiro atoms. The molecule has 0 fully saturated rings. The molecule has 26 heavy (non-hydrogen) atoms. The zero-order valence-electron chi connectivity index (χ0n) is 14.9. The molecule has 2 aliphatic carbocycles. The highest BCUT2D eigenvalue weighted by Gasteiger charge is 2.25. The van der Waals surface area contributed by atoms with Crippen LogP contribution in [-0.2, 0) is 0 Å². The summed E-state index contributed by atoms with van der Waals surface area (Å²) in [5.41, 5.74) is 5.71. The molecule has 0 heterocycles. The average molecular weight is 330 g/mol. The Labute approximate surface area is 151 Å². The standard InChI is InChI=1S/C26H18/c1-15-19-13-11-17-7-3-5-9-21(17)25(19)24-16(2)20-14-12-18-8-4-6-10-22(18)26(20)23(15)24/h3-14H,1-2H3. The molecular formula is C26H18. The maximum atomic E-state index is 2.31. The van der Waals surface area contributed by atoms with Crippen molar-refractivity contribution in [2.45, 2.75) is 13.8 Å². The summed E-state index contributed by atoms with van der Waals surface area (Å²) in [6.45, 7) is 4.58. The van der Waals surface area contributed by atoms with Crippen molar-refractivity contribution < 1.29 is 0 Å². The predicted molar refractivity (Wildman–Crippen MR) is 111 cm³/mol. The number of rotatable bonds is 0. The van der Waals surface area contributed by atoms with Crippen molar-refractivity contribution in [2.24, 2.45) is 0 Å². The third-order valence-corrected chi connectivity index (χ3v) is 6.17. The normalized spacial score (nSPS) is 15.0. The molecule has 0 saturated carbocycles. The monoisotopic (exact) mass is 330 g/mol. The van der Waals surface area contributed by atoms with Gasteiger partial charge >= 0.3 is 0 Å². The fourth-order valence-corrected chi connectivity index (χ4v) is 4.98. The van der Waals surface area contributed by atoms with Gasteiger partial charge in [0, 0.05) is 0 Å². The molecule has 0 saturated heterocycles. The van der Waals surface area contributed by atoms with Crippen LogP contribution in [0.25, 0.3) is 43.8 Å². The molecule has 0 heteroatoms. The van der Waals surface area contributed by atoms with Crippen molar-refractivity contribution in [3.63, 3.8) is 0 Å². The molecule has 4 aromatic rings. The second-order valence-corrected chi connectivity index (χ2v) is 7.42. The second kappa shape index (κ2) is 4.74. The highest BCUT2D eigenvalue weighted by atomic mass is 14.3. The van der Waals surface area contributed by atoms with E-state index >= 15 is 0 Å². The minimum atomic E-state index is 1.32. The number of hydrogen-bond donors (Lipinski definition) is 0. The summed E-state index contributed by atoms with van der Waals surface area (Å²) < 4.78 is 0. The Morgan fingerprint density at radius 2 is 0.885 bits per heavy atom. The van der Waals surface area contributed by atoms with Gasteiger partial charge in [0.25, 0.3) is 0 Å². The lowest BCUT2D eigenvalue weighted by atomic mass is 9.99. The van der Waals surface area contributed by atoms with Crippen molar-refractivity contribution in [1.82, 2.24) is 0 Å². The van der Waals surface area contributed by atoms with Crippen molar-refractivity contribution >= 4 is 43.8 Å². The molecule has 0 unspecified atom stereocenters.